The third kappa shape index (κ3) is 2.03. The van der Waals surface area contributed by atoms with Crippen molar-refractivity contribution in [3.05, 3.63) is 22.0 Å². The Bertz CT molecular complexity index is 270. The molecule has 6 heteroatoms. The largest absolute Gasteiger partial charge is 0.432 e. The number of nitrogens with one attached hydrogen (secondary N) is 1. The quantitative estimate of drug-likeness (QED) is 0.498. The van der Waals surface area contributed by atoms with Gasteiger partial charge in [-0.25, -0.2) is 4.98 Å². The van der Waals surface area contributed by atoms with Crippen molar-refractivity contribution in [1.29, 1.82) is 0 Å². The minimum Gasteiger partial charge on any atom is -0.390 e. The van der Waals surface area contributed by atoms with Gasteiger partial charge >= 0.3 is 5.95 Å². The lowest BCUT2D eigenvalue weighted by Gasteiger charge is -1.87. The van der Waals surface area contributed by atoms with Crippen LogP contribution in [0.25, 0.3) is 0 Å². The Morgan fingerprint density at radius 3 is 3.00 bits per heavy atom. The number of hydrogen-bond donors (Lipinski definition) is 2. The van der Waals surface area contributed by atoms with Crippen LogP contribution in [0.5, 0.6) is 0 Å². The second-order valence-electron chi connectivity index (χ2n) is 2.36. The van der Waals surface area contributed by atoms with E-state index in [1.807, 2.05) is 0 Å². The molecule has 1 aromatic heterocycles. The number of nitro groups is 1. The molecule has 1 heterocycles. The topological polar surface area (TPSA) is 97.8 Å². The van der Waals surface area contributed by atoms with Crippen LogP contribution in [-0.2, 0) is 6.42 Å². The van der Waals surface area contributed by atoms with Crippen LogP contribution in [0.15, 0.2) is 6.20 Å². The third-order valence-corrected chi connectivity index (χ3v) is 1.43. The van der Waals surface area contributed by atoms with E-state index in [-0.39, 0.29) is 5.95 Å². The summed E-state index contributed by atoms with van der Waals surface area (Å²) in [6.07, 6.45) is 3.01. The maximum absolute atomic E-state index is 10.2. The number of H-pyrrole nitrogens is 1. The summed E-state index contributed by atoms with van der Waals surface area (Å²) >= 11 is 0. The van der Waals surface area contributed by atoms with Gasteiger partial charge in [-0.2, -0.15) is 0 Å². The summed E-state index contributed by atoms with van der Waals surface area (Å²) in [5.41, 5.74) is 5.96. The summed E-state index contributed by atoms with van der Waals surface area (Å²) in [6, 6.07) is 0. The zero-order chi connectivity index (χ0) is 8.97. The molecule has 0 unspecified atom stereocenters. The summed E-state index contributed by atoms with van der Waals surface area (Å²) in [4.78, 5) is 15.8. The van der Waals surface area contributed by atoms with Crippen molar-refractivity contribution < 1.29 is 4.92 Å². The predicted octanol–water partition coefficient (Wildman–Crippen LogP) is 0.209. The molecule has 0 aliphatic carbocycles. The maximum atomic E-state index is 10.2. The van der Waals surface area contributed by atoms with Crippen molar-refractivity contribution in [2.75, 3.05) is 6.54 Å². The summed E-state index contributed by atoms with van der Waals surface area (Å²) in [7, 11) is 0. The molecule has 0 aliphatic rings. The van der Waals surface area contributed by atoms with Gasteiger partial charge in [0, 0.05) is 6.42 Å². The molecule has 0 fully saturated rings. The molecule has 12 heavy (non-hydrogen) atoms. The van der Waals surface area contributed by atoms with Crippen LogP contribution in [-0.4, -0.2) is 21.4 Å². The van der Waals surface area contributed by atoms with E-state index in [0.717, 1.165) is 6.42 Å². The van der Waals surface area contributed by atoms with Crippen molar-refractivity contribution in [2.24, 2.45) is 5.73 Å². The Hall–Kier alpha value is -1.43. The second kappa shape index (κ2) is 3.82. The van der Waals surface area contributed by atoms with Gasteiger partial charge in [-0.1, -0.05) is 4.98 Å². The van der Waals surface area contributed by atoms with E-state index < -0.39 is 4.92 Å². The van der Waals surface area contributed by atoms with Gasteiger partial charge in [0.2, 0.25) is 0 Å². The number of nitrogens with zero attached hydrogens (tertiary/aromatic N) is 2. The first-order chi connectivity index (χ1) is 5.74. The van der Waals surface area contributed by atoms with E-state index in [1.54, 1.807) is 0 Å². The van der Waals surface area contributed by atoms with Crippen molar-refractivity contribution in [2.45, 2.75) is 12.8 Å². The van der Waals surface area contributed by atoms with Crippen molar-refractivity contribution in [3.63, 3.8) is 0 Å². The fraction of sp³-hybridized carbons (Fsp3) is 0.500. The molecule has 1 rings (SSSR count). The lowest BCUT2D eigenvalue weighted by molar-refractivity contribution is -0.393. The van der Waals surface area contributed by atoms with Crippen molar-refractivity contribution in [1.82, 2.24) is 9.97 Å². The Balaban J connectivity index is 2.58. The molecule has 0 bridgehead atoms. The van der Waals surface area contributed by atoms with Crippen LogP contribution in [0.2, 0.25) is 0 Å². The van der Waals surface area contributed by atoms with Crippen LogP contribution in [0, 0.1) is 10.1 Å². The number of hydrogen-bond acceptors (Lipinski definition) is 4. The van der Waals surface area contributed by atoms with Gasteiger partial charge < -0.3 is 15.8 Å². The maximum Gasteiger partial charge on any atom is 0.432 e. The molecule has 3 N–H and O–H groups in total. The summed E-state index contributed by atoms with van der Waals surface area (Å²) in [5.74, 6) is -0.206. The molecule has 0 aliphatic heterocycles. The Kier molecular flexibility index (Phi) is 2.76. The lowest BCUT2D eigenvalue weighted by Crippen LogP contribution is -2.00. The minimum atomic E-state index is -0.550. The van der Waals surface area contributed by atoms with Gasteiger partial charge in [0.1, 0.15) is 6.20 Å². The Morgan fingerprint density at radius 1 is 1.75 bits per heavy atom. The van der Waals surface area contributed by atoms with Crippen LogP contribution >= 0.6 is 0 Å². The van der Waals surface area contributed by atoms with E-state index >= 15 is 0 Å². The van der Waals surface area contributed by atoms with Gasteiger partial charge in [-0.3, -0.25) is 0 Å². The summed E-state index contributed by atoms with van der Waals surface area (Å²) in [5, 5.41) is 10.2. The minimum absolute atomic E-state index is 0.206. The number of aromatic nitrogens is 2. The average Bonchev–Trinajstić information content (AvgIpc) is 2.48. The molecule has 0 saturated carbocycles. The highest BCUT2D eigenvalue weighted by Gasteiger charge is 2.10. The predicted molar refractivity (Wildman–Crippen MR) is 42.6 cm³/mol. The number of imidazole rings is 1. The lowest BCUT2D eigenvalue weighted by atomic mass is 10.2. The normalized spacial score (nSPS) is 10.1. The molecule has 0 amide bonds. The first-order valence-corrected chi connectivity index (χ1v) is 3.63. The monoisotopic (exact) mass is 170 g/mol. The van der Waals surface area contributed by atoms with Gasteiger partial charge in [-0.15, -0.1) is 0 Å². The van der Waals surface area contributed by atoms with Gasteiger partial charge in [0.25, 0.3) is 0 Å². The van der Waals surface area contributed by atoms with E-state index in [9.17, 15) is 10.1 Å². The molecule has 6 nitrogen and oxygen atoms in total. The summed E-state index contributed by atoms with van der Waals surface area (Å²) in [6.45, 7) is 0.570. The fourth-order valence-electron chi connectivity index (χ4n) is 0.853. The number of aromatic amines is 1. The standard InChI is InChI=1S/C6H10N4O2/c7-3-1-2-5-4-8-6(9-5)10(11)12/h4H,1-3,7H2,(H,8,9). The number of aryl methyl sites for hydroxylation is 1. The molecule has 0 atom stereocenters. The van der Waals surface area contributed by atoms with Crippen molar-refractivity contribution in [3.8, 4) is 0 Å². The molecular formula is C6H10N4O2. The molecule has 0 aromatic carbocycles. The third-order valence-electron chi connectivity index (χ3n) is 1.43. The smallest absolute Gasteiger partial charge is 0.390 e. The average molecular weight is 170 g/mol. The van der Waals surface area contributed by atoms with Crippen LogP contribution in [0.1, 0.15) is 12.1 Å². The van der Waals surface area contributed by atoms with Crippen molar-refractivity contribution >= 4 is 5.95 Å². The molecular weight excluding hydrogens is 160 g/mol. The van der Waals surface area contributed by atoms with E-state index in [2.05, 4.69) is 9.97 Å². The zero-order valence-electron chi connectivity index (χ0n) is 6.49. The van der Waals surface area contributed by atoms with E-state index in [1.165, 1.54) is 6.20 Å². The van der Waals surface area contributed by atoms with Gasteiger partial charge in [0.05, 0.1) is 0 Å². The van der Waals surface area contributed by atoms with Crippen LogP contribution in [0.4, 0.5) is 5.95 Å². The Morgan fingerprint density at radius 2 is 2.50 bits per heavy atom. The SMILES string of the molecule is NCCCc1c[nH]c([N+](=O)[O-])n1. The van der Waals surface area contributed by atoms with Gasteiger partial charge in [0.15, 0.2) is 5.69 Å². The number of nitrogens with two attached hydrogens (primary N) is 1. The molecule has 66 valence electrons. The highest BCUT2D eigenvalue weighted by molar-refractivity contribution is 5.10. The number of rotatable bonds is 4. The van der Waals surface area contributed by atoms with Crippen LogP contribution < -0.4 is 5.73 Å². The highest BCUT2D eigenvalue weighted by atomic mass is 16.6. The highest BCUT2D eigenvalue weighted by Crippen LogP contribution is 2.05. The second-order valence-corrected chi connectivity index (χ2v) is 2.36. The molecule has 1 aromatic rings. The van der Waals surface area contributed by atoms with Gasteiger partial charge in [-0.05, 0) is 17.9 Å². The fourth-order valence-corrected chi connectivity index (χ4v) is 0.853. The first kappa shape index (κ1) is 8.66. The van der Waals surface area contributed by atoms with Crippen LogP contribution in [0.3, 0.4) is 0 Å². The zero-order valence-corrected chi connectivity index (χ0v) is 6.49. The Labute approximate surface area is 68.9 Å². The molecule has 0 spiro atoms. The van der Waals surface area contributed by atoms with E-state index in [0.29, 0.717) is 18.7 Å². The molecule has 0 radical (unpaired) electrons. The summed E-state index contributed by atoms with van der Waals surface area (Å²) < 4.78 is 0. The molecule has 0 saturated heterocycles. The van der Waals surface area contributed by atoms with E-state index in [4.69, 9.17) is 5.73 Å². The first-order valence-electron chi connectivity index (χ1n) is 3.63.